The van der Waals surface area contributed by atoms with Crippen LogP contribution in [0.15, 0.2) is 48.5 Å². The number of rotatable bonds is 7. The Morgan fingerprint density at radius 2 is 1.65 bits per heavy atom. The smallest absolute Gasteiger partial charge is 0.352 e. The number of hydrogen-bond acceptors (Lipinski definition) is 3. The van der Waals surface area contributed by atoms with Crippen LogP contribution < -0.4 is 10.6 Å². The zero-order valence-corrected chi connectivity index (χ0v) is 18.2. The number of aromatic nitrogens is 2. The van der Waals surface area contributed by atoms with Crippen LogP contribution in [0.5, 0.6) is 0 Å². The first-order valence-electron chi connectivity index (χ1n) is 10.1. The van der Waals surface area contributed by atoms with E-state index in [1.54, 1.807) is 13.8 Å². The van der Waals surface area contributed by atoms with Crippen molar-refractivity contribution >= 4 is 17.6 Å². The Morgan fingerprint density at radius 1 is 1.00 bits per heavy atom. The standard InChI is InChI=1S/C23H21F5N4O2/c1-22(2,13-9-14(24)11-15(25)10-13)18-12-19(32-31-18)30-20(33)7-8-29-21(34)16-5-3-4-6-17(16)23(26,27)28/h3-6,9-12H,7-8H2,1-2H3,(H,29,34)(H2,30,31,32,33). The summed E-state index contributed by atoms with van der Waals surface area (Å²) in [5.41, 5.74) is -1.64. The number of nitrogens with zero attached hydrogens (tertiary/aromatic N) is 1. The van der Waals surface area contributed by atoms with Gasteiger partial charge < -0.3 is 10.6 Å². The zero-order valence-electron chi connectivity index (χ0n) is 18.2. The maximum Gasteiger partial charge on any atom is 0.417 e. The van der Waals surface area contributed by atoms with Gasteiger partial charge in [0.25, 0.3) is 5.91 Å². The number of carbonyl (C=O) groups excluding carboxylic acids is 2. The van der Waals surface area contributed by atoms with Crippen LogP contribution in [0.3, 0.4) is 0 Å². The Morgan fingerprint density at radius 3 is 2.29 bits per heavy atom. The molecule has 34 heavy (non-hydrogen) atoms. The summed E-state index contributed by atoms with van der Waals surface area (Å²) in [6.07, 6.45) is -4.91. The molecule has 3 rings (SSSR count). The molecule has 3 N–H and O–H groups in total. The van der Waals surface area contributed by atoms with E-state index in [1.165, 1.54) is 30.3 Å². The Balaban J connectivity index is 1.58. The minimum atomic E-state index is -4.69. The Labute approximate surface area is 191 Å². The number of carbonyl (C=O) groups is 2. The molecule has 180 valence electrons. The molecule has 0 aliphatic carbocycles. The number of benzene rings is 2. The minimum Gasteiger partial charge on any atom is -0.352 e. The summed E-state index contributed by atoms with van der Waals surface area (Å²) in [7, 11) is 0. The lowest BCUT2D eigenvalue weighted by atomic mass is 9.81. The highest BCUT2D eigenvalue weighted by Gasteiger charge is 2.34. The summed E-state index contributed by atoms with van der Waals surface area (Å²) in [4.78, 5) is 24.3. The van der Waals surface area contributed by atoms with Crippen LogP contribution in [-0.4, -0.2) is 28.6 Å². The van der Waals surface area contributed by atoms with Gasteiger partial charge in [0.1, 0.15) is 11.6 Å². The quantitative estimate of drug-likeness (QED) is 0.425. The van der Waals surface area contributed by atoms with Gasteiger partial charge in [-0.1, -0.05) is 26.0 Å². The van der Waals surface area contributed by atoms with Crippen molar-refractivity contribution in [1.29, 1.82) is 0 Å². The lowest BCUT2D eigenvalue weighted by molar-refractivity contribution is -0.138. The number of amides is 2. The Hall–Kier alpha value is -3.76. The van der Waals surface area contributed by atoms with E-state index in [2.05, 4.69) is 20.8 Å². The van der Waals surface area contributed by atoms with Gasteiger partial charge in [0.05, 0.1) is 11.1 Å². The summed E-state index contributed by atoms with van der Waals surface area (Å²) >= 11 is 0. The second-order valence-corrected chi connectivity index (χ2v) is 8.05. The number of nitrogens with one attached hydrogen (secondary N) is 3. The minimum absolute atomic E-state index is 0.138. The van der Waals surface area contributed by atoms with Crippen molar-refractivity contribution in [2.45, 2.75) is 31.9 Å². The first kappa shape index (κ1) is 24.9. The van der Waals surface area contributed by atoms with E-state index in [0.29, 0.717) is 11.3 Å². The first-order valence-corrected chi connectivity index (χ1v) is 10.1. The van der Waals surface area contributed by atoms with Crippen molar-refractivity contribution in [3.8, 4) is 0 Å². The molecule has 11 heteroatoms. The van der Waals surface area contributed by atoms with E-state index in [9.17, 15) is 31.5 Å². The number of anilines is 1. The fourth-order valence-corrected chi connectivity index (χ4v) is 3.29. The third kappa shape index (κ3) is 5.77. The first-order chi connectivity index (χ1) is 15.9. The number of alkyl halides is 3. The predicted octanol–water partition coefficient (Wildman–Crippen LogP) is 4.79. The summed E-state index contributed by atoms with van der Waals surface area (Å²) in [6, 6.07) is 9.00. The summed E-state index contributed by atoms with van der Waals surface area (Å²) in [6.45, 7) is 3.23. The SMILES string of the molecule is CC(C)(c1cc(F)cc(F)c1)c1cc(NC(=O)CCNC(=O)c2ccccc2C(F)(F)F)n[nH]1. The molecule has 2 amide bonds. The zero-order chi connectivity index (χ0) is 25.1. The van der Waals surface area contributed by atoms with Crippen LogP contribution in [0.25, 0.3) is 0 Å². The molecule has 3 aromatic rings. The third-order valence-corrected chi connectivity index (χ3v) is 5.22. The number of halogens is 5. The summed E-state index contributed by atoms with van der Waals surface area (Å²) in [5, 5.41) is 11.5. The molecule has 0 fully saturated rings. The number of H-pyrrole nitrogens is 1. The van der Waals surface area contributed by atoms with Gasteiger partial charge in [0.15, 0.2) is 5.82 Å². The summed E-state index contributed by atoms with van der Waals surface area (Å²) in [5.74, 6) is -2.81. The molecule has 0 spiro atoms. The molecule has 0 radical (unpaired) electrons. The van der Waals surface area contributed by atoms with Crippen molar-refractivity contribution in [2.75, 3.05) is 11.9 Å². The van der Waals surface area contributed by atoms with Gasteiger partial charge in [-0.3, -0.25) is 14.7 Å². The molecule has 6 nitrogen and oxygen atoms in total. The van der Waals surface area contributed by atoms with Crippen LogP contribution in [-0.2, 0) is 16.4 Å². The second-order valence-electron chi connectivity index (χ2n) is 8.05. The van der Waals surface area contributed by atoms with Gasteiger partial charge >= 0.3 is 6.18 Å². The van der Waals surface area contributed by atoms with Crippen LogP contribution >= 0.6 is 0 Å². The molecular formula is C23H21F5N4O2. The molecule has 0 unspecified atom stereocenters. The third-order valence-electron chi connectivity index (χ3n) is 5.22. The van der Waals surface area contributed by atoms with E-state index in [-0.39, 0.29) is 18.8 Å². The Kier molecular flexibility index (Phi) is 7.04. The lowest BCUT2D eigenvalue weighted by Crippen LogP contribution is -2.29. The largest absolute Gasteiger partial charge is 0.417 e. The van der Waals surface area contributed by atoms with E-state index in [0.717, 1.165) is 18.2 Å². The highest BCUT2D eigenvalue weighted by molar-refractivity contribution is 5.96. The molecule has 1 heterocycles. The van der Waals surface area contributed by atoms with Crippen LogP contribution in [0, 0.1) is 11.6 Å². The van der Waals surface area contributed by atoms with Crippen LogP contribution in [0.4, 0.5) is 27.8 Å². The fraction of sp³-hybridized carbons (Fsp3) is 0.261. The van der Waals surface area contributed by atoms with Crippen molar-refractivity contribution in [1.82, 2.24) is 15.5 Å². The number of aromatic amines is 1. The van der Waals surface area contributed by atoms with E-state index >= 15 is 0 Å². The lowest BCUT2D eigenvalue weighted by Gasteiger charge is -2.23. The van der Waals surface area contributed by atoms with Crippen LogP contribution in [0.2, 0.25) is 0 Å². The molecule has 2 aromatic carbocycles. The molecule has 0 aliphatic heterocycles. The topological polar surface area (TPSA) is 86.9 Å². The average Bonchev–Trinajstić information content (AvgIpc) is 3.21. The average molecular weight is 480 g/mol. The van der Waals surface area contributed by atoms with Gasteiger partial charge in [-0.15, -0.1) is 0 Å². The summed E-state index contributed by atoms with van der Waals surface area (Å²) < 4.78 is 66.3. The molecule has 1 aromatic heterocycles. The molecule has 0 saturated carbocycles. The second kappa shape index (κ2) is 9.62. The van der Waals surface area contributed by atoms with Crippen molar-refractivity contribution < 1.29 is 31.5 Å². The molecule has 0 atom stereocenters. The molecule has 0 aliphatic rings. The van der Waals surface area contributed by atoms with Crippen molar-refractivity contribution in [3.63, 3.8) is 0 Å². The van der Waals surface area contributed by atoms with Crippen molar-refractivity contribution in [3.05, 3.63) is 82.5 Å². The predicted molar refractivity (Wildman–Crippen MR) is 114 cm³/mol. The highest BCUT2D eigenvalue weighted by Crippen LogP contribution is 2.33. The maximum atomic E-state index is 13.6. The number of hydrogen-bond donors (Lipinski definition) is 3. The van der Waals surface area contributed by atoms with Gasteiger partial charge in [-0.25, -0.2) is 8.78 Å². The molecule has 0 saturated heterocycles. The fourth-order valence-electron chi connectivity index (χ4n) is 3.29. The molecular weight excluding hydrogens is 459 g/mol. The highest BCUT2D eigenvalue weighted by atomic mass is 19.4. The van der Waals surface area contributed by atoms with Gasteiger partial charge in [0.2, 0.25) is 5.91 Å². The van der Waals surface area contributed by atoms with E-state index in [4.69, 9.17) is 0 Å². The van der Waals surface area contributed by atoms with E-state index in [1.807, 2.05) is 0 Å². The van der Waals surface area contributed by atoms with Crippen molar-refractivity contribution in [2.24, 2.45) is 0 Å². The van der Waals surface area contributed by atoms with Gasteiger partial charge in [-0.05, 0) is 29.8 Å². The van der Waals surface area contributed by atoms with Crippen LogP contribution in [0.1, 0.15) is 47.4 Å². The maximum absolute atomic E-state index is 13.6. The van der Waals surface area contributed by atoms with E-state index < -0.39 is 46.2 Å². The normalized spacial score (nSPS) is 11.9. The van der Waals surface area contributed by atoms with Gasteiger partial charge in [0, 0.05) is 36.2 Å². The monoisotopic (exact) mass is 480 g/mol. The van der Waals surface area contributed by atoms with Gasteiger partial charge in [-0.2, -0.15) is 18.3 Å². The molecule has 0 bridgehead atoms. The Bertz CT molecular complexity index is 1180.